The fraction of sp³-hybridized carbons (Fsp3) is 0.571. The van der Waals surface area contributed by atoms with Gasteiger partial charge in [-0.15, -0.1) is 11.3 Å². The quantitative estimate of drug-likeness (QED) is 0.937. The molecule has 0 bridgehead atoms. The number of methoxy groups -OCH3 is 1. The highest BCUT2D eigenvalue weighted by molar-refractivity contribution is 7.13. The molecule has 6 heteroatoms. The Morgan fingerprint density at radius 3 is 2.80 bits per heavy atom. The van der Waals surface area contributed by atoms with E-state index in [2.05, 4.69) is 17.1 Å². The van der Waals surface area contributed by atoms with Crippen LogP contribution >= 0.6 is 11.3 Å². The van der Waals surface area contributed by atoms with E-state index in [1.54, 1.807) is 18.6 Å². The van der Waals surface area contributed by atoms with Gasteiger partial charge in [-0.25, -0.2) is 0 Å². The zero-order chi connectivity index (χ0) is 14.2. The molecule has 5 nitrogen and oxygen atoms in total. The molecule has 1 fully saturated rings. The van der Waals surface area contributed by atoms with E-state index in [0.717, 1.165) is 25.7 Å². The molecule has 0 atom stereocenters. The molecule has 0 aliphatic heterocycles. The summed E-state index contributed by atoms with van der Waals surface area (Å²) in [5.74, 6) is 1.84. The summed E-state index contributed by atoms with van der Waals surface area (Å²) in [5, 5.41) is 15.6. The van der Waals surface area contributed by atoms with Crippen molar-refractivity contribution in [2.45, 2.75) is 38.2 Å². The van der Waals surface area contributed by atoms with Crippen LogP contribution in [0.2, 0.25) is 0 Å². The highest BCUT2D eigenvalue weighted by atomic mass is 32.1. The van der Waals surface area contributed by atoms with Gasteiger partial charge in [0.05, 0.1) is 0 Å². The Hall–Kier alpha value is -1.40. The van der Waals surface area contributed by atoms with E-state index < -0.39 is 5.60 Å². The monoisotopic (exact) mass is 294 g/mol. The minimum Gasteiger partial charge on any atom is -0.506 e. The highest BCUT2D eigenvalue weighted by Gasteiger charge is 2.40. The van der Waals surface area contributed by atoms with Gasteiger partial charge in [0.2, 0.25) is 5.82 Å². The van der Waals surface area contributed by atoms with Crippen LogP contribution in [-0.4, -0.2) is 22.4 Å². The van der Waals surface area contributed by atoms with Crippen LogP contribution in [0.4, 0.5) is 0 Å². The summed E-state index contributed by atoms with van der Waals surface area (Å²) in [5.41, 5.74) is -0.443. The summed E-state index contributed by atoms with van der Waals surface area (Å²) in [6.45, 7) is 2.25. The lowest BCUT2D eigenvalue weighted by molar-refractivity contribution is -0.0609. The van der Waals surface area contributed by atoms with Crippen molar-refractivity contribution in [3.05, 3.63) is 17.3 Å². The van der Waals surface area contributed by atoms with Crippen molar-refractivity contribution in [3.8, 4) is 16.5 Å². The second-order valence-electron chi connectivity index (χ2n) is 5.44. The first-order chi connectivity index (χ1) is 9.64. The van der Waals surface area contributed by atoms with Crippen molar-refractivity contribution in [2.24, 2.45) is 5.92 Å². The first kappa shape index (κ1) is 13.6. The molecule has 2 aromatic heterocycles. The van der Waals surface area contributed by atoms with Crippen LogP contribution in [0, 0.1) is 5.92 Å². The molecular weight excluding hydrogens is 276 g/mol. The third kappa shape index (κ3) is 2.23. The normalized spacial score (nSPS) is 26.8. The standard InChI is InChI=1S/C14H18N2O3S/c1-9-3-6-14(18-2,7-4-9)13-15-12(19-16-13)11-10(17)5-8-20-11/h5,8-9,17H,3-4,6-7H2,1-2H3. The second-order valence-corrected chi connectivity index (χ2v) is 6.36. The van der Waals surface area contributed by atoms with Crippen LogP contribution in [0.1, 0.15) is 38.4 Å². The van der Waals surface area contributed by atoms with E-state index in [1.165, 1.54) is 11.3 Å². The third-order valence-corrected chi connectivity index (χ3v) is 5.04. The molecule has 1 aliphatic carbocycles. The molecule has 108 valence electrons. The van der Waals surface area contributed by atoms with Gasteiger partial charge in [0.1, 0.15) is 16.2 Å². The zero-order valence-corrected chi connectivity index (χ0v) is 12.4. The van der Waals surface area contributed by atoms with Gasteiger partial charge in [0, 0.05) is 7.11 Å². The fourth-order valence-electron chi connectivity index (χ4n) is 2.71. The first-order valence-electron chi connectivity index (χ1n) is 6.81. The van der Waals surface area contributed by atoms with E-state index in [-0.39, 0.29) is 5.75 Å². The van der Waals surface area contributed by atoms with Crippen LogP contribution in [0.25, 0.3) is 10.8 Å². The smallest absolute Gasteiger partial charge is 0.271 e. The lowest BCUT2D eigenvalue weighted by atomic mass is 9.79. The van der Waals surface area contributed by atoms with Crippen LogP contribution in [-0.2, 0) is 10.3 Å². The Morgan fingerprint density at radius 1 is 1.45 bits per heavy atom. The molecule has 1 saturated carbocycles. The number of aromatic nitrogens is 2. The number of ether oxygens (including phenoxy) is 1. The first-order valence-corrected chi connectivity index (χ1v) is 7.69. The van der Waals surface area contributed by atoms with Gasteiger partial charge in [-0.3, -0.25) is 0 Å². The van der Waals surface area contributed by atoms with Crippen LogP contribution < -0.4 is 0 Å². The van der Waals surface area contributed by atoms with E-state index in [9.17, 15) is 5.11 Å². The van der Waals surface area contributed by atoms with E-state index in [0.29, 0.717) is 22.5 Å². The minimum atomic E-state index is -0.443. The molecule has 3 rings (SSSR count). The average Bonchev–Trinajstić information content (AvgIpc) is 3.09. The number of hydrogen-bond donors (Lipinski definition) is 1. The lowest BCUT2D eigenvalue weighted by Gasteiger charge is -2.35. The molecule has 0 saturated heterocycles. The van der Waals surface area contributed by atoms with Gasteiger partial charge in [0.25, 0.3) is 5.89 Å². The predicted molar refractivity (Wildman–Crippen MR) is 75.6 cm³/mol. The van der Waals surface area contributed by atoms with Gasteiger partial charge < -0.3 is 14.4 Å². The molecule has 0 aromatic carbocycles. The van der Waals surface area contributed by atoms with Crippen molar-refractivity contribution in [1.29, 1.82) is 0 Å². The van der Waals surface area contributed by atoms with Gasteiger partial charge in [-0.1, -0.05) is 12.1 Å². The number of rotatable bonds is 3. The number of hydrogen-bond acceptors (Lipinski definition) is 6. The Balaban J connectivity index is 1.91. The van der Waals surface area contributed by atoms with Crippen LogP contribution in [0.5, 0.6) is 5.75 Å². The maximum atomic E-state index is 9.73. The summed E-state index contributed by atoms with van der Waals surface area (Å²) in [7, 11) is 1.70. The molecule has 20 heavy (non-hydrogen) atoms. The summed E-state index contributed by atoms with van der Waals surface area (Å²) >= 11 is 1.38. The van der Waals surface area contributed by atoms with Gasteiger partial charge in [-0.2, -0.15) is 4.98 Å². The highest BCUT2D eigenvalue weighted by Crippen LogP contribution is 2.42. The van der Waals surface area contributed by atoms with Gasteiger partial charge in [0.15, 0.2) is 0 Å². The van der Waals surface area contributed by atoms with E-state index >= 15 is 0 Å². The van der Waals surface area contributed by atoms with Gasteiger partial charge >= 0.3 is 0 Å². The van der Waals surface area contributed by atoms with Crippen molar-refractivity contribution in [2.75, 3.05) is 7.11 Å². The maximum Gasteiger partial charge on any atom is 0.271 e. The van der Waals surface area contributed by atoms with Crippen molar-refractivity contribution >= 4 is 11.3 Å². The summed E-state index contributed by atoms with van der Waals surface area (Å²) < 4.78 is 11.0. The fourth-order valence-corrected chi connectivity index (χ4v) is 3.42. The second kappa shape index (κ2) is 5.18. The molecule has 1 N–H and O–H groups in total. The van der Waals surface area contributed by atoms with Crippen LogP contribution in [0.3, 0.4) is 0 Å². The molecule has 1 aliphatic rings. The predicted octanol–water partition coefficient (Wildman–Crippen LogP) is 3.56. The Morgan fingerprint density at radius 2 is 2.20 bits per heavy atom. The minimum absolute atomic E-state index is 0.175. The Bertz CT molecular complexity index is 585. The van der Waals surface area contributed by atoms with Crippen LogP contribution in [0.15, 0.2) is 16.0 Å². The lowest BCUT2D eigenvalue weighted by Crippen LogP contribution is -2.34. The SMILES string of the molecule is COC1(c2noc(-c3sccc3O)n2)CCC(C)CC1. The molecule has 0 unspecified atom stereocenters. The molecule has 2 aromatic rings. The topological polar surface area (TPSA) is 68.4 Å². The van der Waals surface area contributed by atoms with E-state index in [4.69, 9.17) is 9.26 Å². The number of nitrogens with zero attached hydrogens (tertiary/aromatic N) is 2. The van der Waals surface area contributed by atoms with Crippen molar-refractivity contribution < 1.29 is 14.4 Å². The number of aromatic hydroxyl groups is 1. The molecule has 0 spiro atoms. The maximum absolute atomic E-state index is 9.73. The zero-order valence-electron chi connectivity index (χ0n) is 11.6. The third-order valence-electron chi connectivity index (χ3n) is 4.14. The van der Waals surface area contributed by atoms with Crippen molar-refractivity contribution in [3.63, 3.8) is 0 Å². The summed E-state index contributed by atoms with van der Waals surface area (Å²) in [6.07, 6.45) is 4.00. The van der Waals surface area contributed by atoms with Gasteiger partial charge in [-0.05, 0) is 43.0 Å². The average molecular weight is 294 g/mol. The summed E-state index contributed by atoms with van der Waals surface area (Å²) in [6, 6.07) is 1.62. The molecule has 0 radical (unpaired) electrons. The molecule has 2 heterocycles. The molecular formula is C14H18N2O3S. The number of thiophene rings is 1. The molecule has 0 amide bonds. The van der Waals surface area contributed by atoms with Crippen molar-refractivity contribution in [1.82, 2.24) is 10.1 Å². The Kier molecular flexibility index (Phi) is 3.52. The summed E-state index contributed by atoms with van der Waals surface area (Å²) in [4.78, 5) is 5.06. The van der Waals surface area contributed by atoms with E-state index in [1.807, 2.05) is 0 Å². The largest absolute Gasteiger partial charge is 0.506 e. The Labute approximate surface area is 121 Å².